The Labute approximate surface area is 81.2 Å². The molecule has 1 aliphatic heterocycles. The van der Waals surface area contributed by atoms with Crippen molar-refractivity contribution in [1.29, 1.82) is 0 Å². The Morgan fingerprint density at radius 3 is 2.77 bits per heavy atom. The molecular formula is C8H13N3OS. The quantitative estimate of drug-likeness (QED) is 0.729. The SMILES string of the molecule is CC1(O)CCN(c2nncs2)CC1. The monoisotopic (exact) mass is 199 g/mol. The van der Waals surface area contributed by atoms with Crippen LogP contribution in [0.25, 0.3) is 0 Å². The van der Waals surface area contributed by atoms with E-state index in [4.69, 9.17) is 0 Å². The first-order valence-corrected chi connectivity index (χ1v) is 5.29. The maximum absolute atomic E-state index is 9.73. The van der Waals surface area contributed by atoms with Crippen molar-refractivity contribution in [3.05, 3.63) is 5.51 Å². The average molecular weight is 199 g/mol. The molecule has 2 rings (SSSR count). The van der Waals surface area contributed by atoms with E-state index in [0.717, 1.165) is 31.1 Å². The van der Waals surface area contributed by atoms with Crippen molar-refractivity contribution >= 4 is 16.5 Å². The van der Waals surface area contributed by atoms with Gasteiger partial charge in [0.15, 0.2) is 0 Å². The van der Waals surface area contributed by atoms with Crippen LogP contribution in [-0.2, 0) is 0 Å². The minimum atomic E-state index is -0.485. The topological polar surface area (TPSA) is 49.2 Å². The van der Waals surface area contributed by atoms with Crippen molar-refractivity contribution in [1.82, 2.24) is 10.2 Å². The Morgan fingerprint density at radius 1 is 1.54 bits per heavy atom. The molecule has 1 aromatic rings. The van der Waals surface area contributed by atoms with Gasteiger partial charge in [-0.2, -0.15) is 0 Å². The average Bonchev–Trinajstić information content (AvgIpc) is 2.56. The number of aromatic nitrogens is 2. The van der Waals surface area contributed by atoms with E-state index in [0.29, 0.717) is 0 Å². The van der Waals surface area contributed by atoms with Gasteiger partial charge < -0.3 is 10.0 Å². The molecule has 1 N–H and O–H groups in total. The van der Waals surface area contributed by atoms with Crippen molar-refractivity contribution in [2.24, 2.45) is 0 Å². The molecule has 0 bridgehead atoms. The Balaban J connectivity index is 1.99. The summed E-state index contributed by atoms with van der Waals surface area (Å²) in [7, 11) is 0. The molecule has 1 fully saturated rings. The highest BCUT2D eigenvalue weighted by Gasteiger charge is 2.28. The fourth-order valence-corrected chi connectivity index (χ4v) is 2.10. The molecule has 4 nitrogen and oxygen atoms in total. The summed E-state index contributed by atoms with van der Waals surface area (Å²) in [6.45, 7) is 3.65. The minimum absolute atomic E-state index is 0.485. The second kappa shape index (κ2) is 3.23. The zero-order valence-corrected chi connectivity index (χ0v) is 8.42. The zero-order valence-electron chi connectivity index (χ0n) is 7.60. The van der Waals surface area contributed by atoms with Gasteiger partial charge in [0.05, 0.1) is 5.60 Å². The van der Waals surface area contributed by atoms with Gasteiger partial charge in [-0.15, -0.1) is 10.2 Å². The van der Waals surface area contributed by atoms with E-state index >= 15 is 0 Å². The van der Waals surface area contributed by atoms with Gasteiger partial charge in [0.2, 0.25) is 5.13 Å². The lowest BCUT2D eigenvalue weighted by atomic mass is 9.94. The van der Waals surface area contributed by atoms with Gasteiger partial charge in [0, 0.05) is 13.1 Å². The van der Waals surface area contributed by atoms with Crippen molar-refractivity contribution < 1.29 is 5.11 Å². The molecule has 0 aromatic carbocycles. The molecule has 0 radical (unpaired) electrons. The summed E-state index contributed by atoms with van der Waals surface area (Å²) in [5, 5.41) is 18.5. The first-order valence-electron chi connectivity index (χ1n) is 4.41. The van der Waals surface area contributed by atoms with Crippen molar-refractivity contribution in [2.75, 3.05) is 18.0 Å². The fraction of sp³-hybridized carbons (Fsp3) is 0.750. The van der Waals surface area contributed by atoms with Crippen molar-refractivity contribution in [3.8, 4) is 0 Å². The second-order valence-electron chi connectivity index (χ2n) is 3.71. The third kappa shape index (κ3) is 1.97. The Bertz CT molecular complexity index is 263. The third-order valence-corrected chi connectivity index (χ3v) is 3.21. The fourth-order valence-electron chi connectivity index (χ4n) is 1.48. The molecular weight excluding hydrogens is 186 g/mol. The number of hydrogen-bond donors (Lipinski definition) is 1. The largest absolute Gasteiger partial charge is 0.390 e. The molecule has 2 heterocycles. The smallest absolute Gasteiger partial charge is 0.208 e. The first kappa shape index (κ1) is 8.90. The number of aliphatic hydroxyl groups is 1. The number of hydrogen-bond acceptors (Lipinski definition) is 5. The number of piperidine rings is 1. The molecule has 13 heavy (non-hydrogen) atoms. The van der Waals surface area contributed by atoms with E-state index in [9.17, 15) is 5.11 Å². The van der Waals surface area contributed by atoms with Crippen molar-refractivity contribution in [3.63, 3.8) is 0 Å². The summed E-state index contributed by atoms with van der Waals surface area (Å²) in [5.41, 5.74) is 1.25. The van der Waals surface area contributed by atoms with E-state index in [-0.39, 0.29) is 0 Å². The molecule has 0 spiro atoms. The van der Waals surface area contributed by atoms with Crippen LogP contribution in [0.2, 0.25) is 0 Å². The molecule has 1 aliphatic rings. The Hall–Kier alpha value is -0.680. The zero-order chi connectivity index (χ0) is 9.31. The van der Waals surface area contributed by atoms with Gasteiger partial charge in [-0.05, 0) is 19.8 Å². The summed E-state index contributed by atoms with van der Waals surface area (Å²) < 4.78 is 0. The van der Waals surface area contributed by atoms with Gasteiger partial charge in [0.1, 0.15) is 5.51 Å². The summed E-state index contributed by atoms with van der Waals surface area (Å²) in [6.07, 6.45) is 1.62. The highest BCUT2D eigenvalue weighted by molar-refractivity contribution is 7.13. The first-order chi connectivity index (χ1) is 6.17. The van der Waals surface area contributed by atoms with Gasteiger partial charge in [-0.25, -0.2) is 0 Å². The predicted molar refractivity (Wildman–Crippen MR) is 52.0 cm³/mol. The lowest BCUT2D eigenvalue weighted by Gasteiger charge is -2.35. The van der Waals surface area contributed by atoms with E-state index in [1.54, 1.807) is 16.8 Å². The number of rotatable bonds is 1. The van der Waals surface area contributed by atoms with Crippen molar-refractivity contribution in [2.45, 2.75) is 25.4 Å². The third-order valence-electron chi connectivity index (χ3n) is 2.46. The summed E-state index contributed by atoms with van der Waals surface area (Å²) in [5.74, 6) is 0. The highest BCUT2D eigenvalue weighted by atomic mass is 32.1. The van der Waals surface area contributed by atoms with E-state index in [1.165, 1.54) is 0 Å². The second-order valence-corrected chi connectivity index (χ2v) is 4.52. The lowest BCUT2D eigenvalue weighted by molar-refractivity contribution is 0.0351. The standard InChI is InChI=1S/C8H13N3OS/c1-8(12)2-4-11(5-3-8)7-10-9-6-13-7/h6,12H,2-5H2,1H3. The van der Waals surface area contributed by atoms with Crippen LogP contribution in [0.4, 0.5) is 5.13 Å². The van der Waals surface area contributed by atoms with E-state index in [2.05, 4.69) is 15.1 Å². The van der Waals surface area contributed by atoms with Gasteiger partial charge in [0.25, 0.3) is 0 Å². The molecule has 1 saturated heterocycles. The lowest BCUT2D eigenvalue weighted by Crippen LogP contribution is -2.42. The molecule has 1 aromatic heterocycles. The van der Waals surface area contributed by atoms with Crippen LogP contribution in [0.3, 0.4) is 0 Å². The molecule has 0 aliphatic carbocycles. The molecule has 0 saturated carbocycles. The number of nitrogens with zero attached hydrogens (tertiary/aromatic N) is 3. The Morgan fingerprint density at radius 2 is 2.23 bits per heavy atom. The van der Waals surface area contributed by atoms with Crippen LogP contribution < -0.4 is 4.90 Å². The van der Waals surface area contributed by atoms with Crippen LogP contribution in [0.5, 0.6) is 0 Å². The van der Waals surface area contributed by atoms with Gasteiger partial charge in [-0.1, -0.05) is 11.3 Å². The summed E-state index contributed by atoms with van der Waals surface area (Å²) in [4.78, 5) is 2.18. The van der Waals surface area contributed by atoms with Crippen LogP contribution in [0, 0.1) is 0 Å². The molecule has 72 valence electrons. The minimum Gasteiger partial charge on any atom is -0.390 e. The van der Waals surface area contributed by atoms with E-state index in [1.807, 2.05) is 6.92 Å². The van der Waals surface area contributed by atoms with Gasteiger partial charge in [-0.3, -0.25) is 0 Å². The maximum atomic E-state index is 9.73. The van der Waals surface area contributed by atoms with E-state index < -0.39 is 5.60 Å². The van der Waals surface area contributed by atoms with Crippen LogP contribution in [-0.4, -0.2) is 34.0 Å². The highest BCUT2D eigenvalue weighted by Crippen LogP contribution is 2.26. The summed E-state index contributed by atoms with van der Waals surface area (Å²) in [6, 6.07) is 0. The summed E-state index contributed by atoms with van der Waals surface area (Å²) >= 11 is 1.55. The molecule has 0 amide bonds. The normalized spacial score (nSPS) is 21.8. The van der Waals surface area contributed by atoms with Crippen LogP contribution in [0.1, 0.15) is 19.8 Å². The van der Waals surface area contributed by atoms with Crippen LogP contribution >= 0.6 is 11.3 Å². The Kier molecular flexibility index (Phi) is 2.21. The predicted octanol–water partition coefficient (Wildman–Crippen LogP) is 0.889. The van der Waals surface area contributed by atoms with Gasteiger partial charge >= 0.3 is 0 Å². The maximum Gasteiger partial charge on any atom is 0.208 e. The molecule has 0 atom stereocenters. The molecule has 0 unspecified atom stereocenters. The number of anilines is 1. The molecule has 5 heteroatoms. The van der Waals surface area contributed by atoms with Crippen LogP contribution in [0.15, 0.2) is 5.51 Å².